The van der Waals surface area contributed by atoms with Gasteiger partial charge in [0.15, 0.2) is 0 Å². The summed E-state index contributed by atoms with van der Waals surface area (Å²) in [4.78, 5) is 26.9. The number of aliphatic hydroxyl groups excluding tert-OH is 1. The molecule has 3 atom stereocenters. The van der Waals surface area contributed by atoms with Gasteiger partial charge in [-0.25, -0.2) is 4.68 Å². The predicted octanol–water partition coefficient (Wildman–Crippen LogP) is 0.552. The number of rotatable bonds is 6. The Morgan fingerprint density at radius 1 is 1.28 bits per heavy atom. The van der Waals surface area contributed by atoms with Gasteiger partial charge in [0.1, 0.15) is 23.9 Å². The van der Waals surface area contributed by atoms with Gasteiger partial charge in [-0.05, 0) is 51.4 Å². The fraction of sp³-hybridized carbons (Fsp3) is 0.765. The van der Waals surface area contributed by atoms with Crippen molar-refractivity contribution >= 4 is 11.8 Å². The minimum atomic E-state index is -0.597. The molecule has 1 saturated heterocycles. The molecule has 4 rings (SSSR count). The second-order valence-corrected chi connectivity index (χ2v) is 7.55. The van der Waals surface area contributed by atoms with Crippen molar-refractivity contribution in [2.45, 2.75) is 69.7 Å². The lowest BCUT2D eigenvalue weighted by Gasteiger charge is -2.26. The third-order valence-corrected chi connectivity index (χ3v) is 5.42. The number of hydrogen-bond acceptors (Lipinski definition) is 5. The SMILES string of the molecule is CC(C(=O)N1CCCC1C(=O)NC1CC1)n1cc([C@@H](O)C2CC2)nn1. The van der Waals surface area contributed by atoms with Gasteiger partial charge in [0.05, 0.1) is 6.20 Å². The highest BCUT2D eigenvalue weighted by Gasteiger charge is 2.39. The molecule has 2 aliphatic carbocycles. The molecule has 3 fully saturated rings. The fourth-order valence-corrected chi connectivity index (χ4v) is 3.45. The first-order valence-corrected chi connectivity index (χ1v) is 9.25. The molecule has 136 valence electrons. The third-order valence-electron chi connectivity index (χ3n) is 5.42. The molecule has 3 aliphatic rings. The number of nitrogens with zero attached hydrogens (tertiary/aromatic N) is 4. The van der Waals surface area contributed by atoms with E-state index in [9.17, 15) is 14.7 Å². The topological polar surface area (TPSA) is 100 Å². The highest BCUT2D eigenvalue weighted by molar-refractivity contribution is 5.89. The molecule has 0 radical (unpaired) electrons. The molecule has 1 aromatic rings. The van der Waals surface area contributed by atoms with Crippen molar-refractivity contribution < 1.29 is 14.7 Å². The van der Waals surface area contributed by atoms with Crippen molar-refractivity contribution in [1.29, 1.82) is 0 Å². The first kappa shape index (κ1) is 16.5. The van der Waals surface area contributed by atoms with Gasteiger partial charge in [0.2, 0.25) is 11.8 Å². The number of nitrogens with one attached hydrogen (secondary N) is 1. The summed E-state index contributed by atoms with van der Waals surface area (Å²) >= 11 is 0. The minimum absolute atomic E-state index is 0.0380. The van der Waals surface area contributed by atoms with Gasteiger partial charge in [-0.15, -0.1) is 5.10 Å². The number of carbonyl (C=O) groups is 2. The average molecular weight is 347 g/mol. The van der Waals surface area contributed by atoms with Crippen LogP contribution in [0, 0.1) is 5.92 Å². The first-order chi connectivity index (χ1) is 12.0. The molecular formula is C17H25N5O3. The standard InChI is InChI=1S/C17H25N5O3/c1-10(22-9-13(19-20-22)15(23)11-4-5-11)17(25)21-8-2-3-14(21)16(24)18-12-6-7-12/h9-12,14-15,23H,2-8H2,1H3,(H,18,24)/t10?,14?,15-/m0/s1. The molecule has 0 bridgehead atoms. The van der Waals surface area contributed by atoms with E-state index in [-0.39, 0.29) is 23.8 Å². The molecule has 2 unspecified atom stereocenters. The van der Waals surface area contributed by atoms with Crippen molar-refractivity contribution in [2.24, 2.45) is 5.92 Å². The van der Waals surface area contributed by atoms with Crippen LogP contribution in [0.1, 0.15) is 63.3 Å². The second kappa shape index (κ2) is 6.40. The smallest absolute Gasteiger partial charge is 0.247 e. The van der Waals surface area contributed by atoms with Crippen molar-refractivity contribution in [2.75, 3.05) is 6.54 Å². The van der Waals surface area contributed by atoms with Gasteiger partial charge in [-0.2, -0.15) is 0 Å². The second-order valence-electron chi connectivity index (χ2n) is 7.55. The molecule has 1 aromatic heterocycles. The number of hydrogen-bond donors (Lipinski definition) is 2. The van der Waals surface area contributed by atoms with E-state index in [0.717, 1.165) is 32.1 Å². The van der Waals surface area contributed by atoms with Gasteiger partial charge in [0, 0.05) is 12.6 Å². The fourth-order valence-electron chi connectivity index (χ4n) is 3.45. The quantitative estimate of drug-likeness (QED) is 0.783. The zero-order valence-electron chi connectivity index (χ0n) is 14.5. The highest BCUT2D eigenvalue weighted by atomic mass is 16.3. The maximum Gasteiger partial charge on any atom is 0.247 e. The van der Waals surface area contributed by atoms with Gasteiger partial charge < -0.3 is 15.3 Å². The van der Waals surface area contributed by atoms with Gasteiger partial charge in [0.25, 0.3) is 0 Å². The van der Waals surface area contributed by atoms with E-state index >= 15 is 0 Å². The van der Waals surface area contributed by atoms with E-state index in [1.54, 1.807) is 18.0 Å². The normalized spacial score (nSPS) is 25.7. The number of aliphatic hydroxyl groups is 1. The summed E-state index contributed by atoms with van der Waals surface area (Å²) in [5, 5.41) is 21.2. The minimum Gasteiger partial charge on any atom is -0.386 e. The van der Waals surface area contributed by atoms with Crippen LogP contribution in [0.5, 0.6) is 0 Å². The first-order valence-electron chi connectivity index (χ1n) is 9.25. The third kappa shape index (κ3) is 3.40. The molecule has 1 aliphatic heterocycles. The number of likely N-dealkylation sites (tertiary alicyclic amines) is 1. The van der Waals surface area contributed by atoms with E-state index in [1.165, 1.54) is 4.68 Å². The summed E-state index contributed by atoms with van der Waals surface area (Å²) in [6.45, 7) is 2.36. The number of carbonyl (C=O) groups excluding carboxylic acids is 2. The maximum absolute atomic E-state index is 12.9. The maximum atomic E-state index is 12.9. The molecule has 25 heavy (non-hydrogen) atoms. The molecule has 0 aromatic carbocycles. The largest absolute Gasteiger partial charge is 0.386 e. The summed E-state index contributed by atoms with van der Waals surface area (Å²) in [6.07, 6.45) is 6.69. The average Bonchev–Trinajstić information content (AvgIpc) is 3.51. The lowest BCUT2D eigenvalue weighted by Crippen LogP contribution is -2.48. The van der Waals surface area contributed by atoms with Crippen LogP contribution < -0.4 is 5.32 Å². The van der Waals surface area contributed by atoms with E-state index in [0.29, 0.717) is 24.7 Å². The molecule has 2 N–H and O–H groups in total. The van der Waals surface area contributed by atoms with E-state index in [4.69, 9.17) is 0 Å². The Balaban J connectivity index is 1.42. The molecule has 0 spiro atoms. The molecule has 2 amide bonds. The monoisotopic (exact) mass is 347 g/mol. The highest BCUT2D eigenvalue weighted by Crippen LogP contribution is 2.40. The lowest BCUT2D eigenvalue weighted by molar-refractivity contribution is -0.141. The predicted molar refractivity (Wildman–Crippen MR) is 88.3 cm³/mol. The molecular weight excluding hydrogens is 322 g/mol. The summed E-state index contributed by atoms with van der Waals surface area (Å²) in [5.74, 6) is 0.111. The van der Waals surface area contributed by atoms with Crippen molar-refractivity contribution in [3.8, 4) is 0 Å². The van der Waals surface area contributed by atoms with Crippen molar-refractivity contribution in [1.82, 2.24) is 25.2 Å². The van der Waals surface area contributed by atoms with Crippen LogP contribution in [0.15, 0.2) is 6.20 Å². The Hall–Kier alpha value is -1.96. The Morgan fingerprint density at radius 3 is 2.72 bits per heavy atom. The Kier molecular flexibility index (Phi) is 4.23. The summed E-state index contributed by atoms with van der Waals surface area (Å²) in [6, 6.07) is -0.623. The van der Waals surface area contributed by atoms with E-state index < -0.39 is 12.1 Å². The Morgan fingerprint density at radius 2 is 2.04 bits per heavy atom. The zero-order valence-corrected chi connectivity index (χ0v) is 14.5. The summed E-state index contributed by atoms with van der Waals surface area (Å²) in [7, 11) is 0. The molecule has 2 heterocycles. The van der Waals surface area contributed by atoms with Gasteiger partial charge >= 0.3 is 0 Å². The zero-order chi connectivity index (χ0) is 17.6. The summed E-state index contributed by atoms with van der Waals surface area (Å²) in [5.41, 5.74) is 0.520. The van der Waals surface area contributed by atoms with Gasteiger partial charge in [-0.3, -0.25) is 9.59 Å². The molecule has 8 heteroatoms. The van der Waals surface area contributed by atoms with Crippen molar-refractivity contribution in [3.05, 3.63) is 11.9 Å². The van der Waals surface area contributed by atoms with Crippen LogP contribution in [0.3, 0.4) is 0 Å². The van der Waals surface area contributed by atoms with Gasteiger partial charge in [-0.1, -0.05) is 5.21 Å². The number of amides is 2. The molecule has 2 saturated carbocycles. The number of aromatic nitrogens is 3. The van der Waals surface area contributed by atoms with E-state index in [2.05, 4.69) is 15.6 Å². The Bertz CT molecular complexity index is 667. The van der Waals surface area contributed by atoms with Crippen LogP contribution in [-0.2, 0) is 9.59 Å². The Labute approximate surface area is 146 Å². The lowest BCUT2D eigenvalue weighted by atomic mass is 10.1. The molecule has 8 nitrogen and oxygen atoms in total. The van der Waals surface area contributed by atoms with Crippen LogP contribution in [0.25, 0.3) is 0 Å². The van der Waals surface area contributed by atoms with Crippen LogP contribution in [0.2, 0.25) is 0 Å². The van der Waals surface area contributed by atoms with Crippen LogP contribution in [0.4, 0.5) is 0 Å². The van der Waals surface area contributed by atoms with Crippen LogP contribution >= 0.6 is 0 Å². The van der Waals surface area contributed by atoms with Crippen molar-refractivity contribution in [3.63, 3.8) is 0 Å². The summed E-state index contributed by atoms with van der Waals surface area (Å²) < 4.78 is 1.50. The van der Waals surface area contributed by atoms with Crippen LogP contribution in [-0.4, -0.2) is 55.4 Å². The van der Waals surface area contributed by atoms with E-state index in [1.807, 2.05) is 0 Å².